The average molecular weight is 417 g/mol. The van der Waals surface area contributed by atoms with E-state index in [0.717, 1.165) is 37.8 Å². The van der Waals surface area contributed by atoms with Crippen molar-refractivity contribution in [3.8, 4) is 0 Å². The average Bonchev–Trinajstić information content (AvgIpc) is 3.08. The minimum atomic E-state index is -4.82. The number of nitrogens with one attached hydrogen (secondary N) is 1. The van der Waals surface area contributed by atoms with E-state index in [0.29, 0.717) is 26.2 Å². The zero-order valence-electron chi connectivity index (χ0n) is 14.7. The van der Waals surface area contributed by atoms with Crippen LogP contribution < -0.4 is 5.32 Å². The Balaban J connectivity index is 0.00000261. The fourth-order valence-corrected chi connectivity index (χ4v) is 4.22. The van der Waals surface area contributed by atoms with Gasteiger partial charge >= 0.3 is 12.4 Å². The van der Waals surface area contributed by atoms with E-state index in [1.54, 1.807) is 0 Å². The van der Waals surface area contributed by atoms with Gasteiger partial charge in [-0.05, 0) is 36.5 Å². The summed E-state index contributed by atoms with van der Waals surface area (Å²) in [5.41, 5.74) is -2.42. The van der Waals surface area contributed by atoms with Crippen molar-refractivity contribution in [1.29, 1.82) is 0 Å². The summed E-state index contributed by atoms with van der Waals surface area (Å²) >= 11 is 0. The highest BCUT2D eigenvalue weighted by Crippen LogP contribution is 2.45. The number of piperazine rings is 1. The predicted octanol–water partition coefficient (Wildman–Crippen LogP) is 5.28. The zero-order valence-corrected chi connectivity index (χ0v) is 15.5. The third kappa shape index (κ3) is 5.09. The molecule has 1 aliphatic carbocycles. The minimum absolute atomic E-state index is 0. The first kappa shape index (κ1) is 22.3. The molecule has 1 aromatic carbocycles. The van der Waals surface area contributed by atoms with Crippen molar-refractivity contribution in [2.75, 3.05) is 26.2 Å². The first-order valence-corrected chi connectivity index (χ1v) is 8.91. The van der Waals surface area contributed by atoms with Crippen molar-refractivity contribution >= 4 is 12.4 Å². The van der Waals surface area contributed by atoms with Crippen LogP contribution in [0.3, 0.4) is 0 Å². The molecule has 1 saturated heterocycles. The maximum absolute atomic E-state index is 13.6. The van der Waals surface area contributed by atoms with Gasteiger partial charge in [-0.15, -0.1) is 12.4 Å². The maximum atomic E-state index is 13.6. The van der Waals surface area contributed by atoms with Crippen molar-refractivity contribution < 1.29 is 26.3 Å². The molecule has 2 aliphatic rings. The molecule has 0 unspecified atom stereocenters. The molecule has 9 heteroatoms. The van der Waals surface area contributed by atoms with Crippen LogP contribution >= 0.6 is 12.4 Å². The standard InChI is InChI=1S/C18H22F6N2.ClH/c19-17(20,21)13-5-6-14(15(11-13)18(22,23)24)16(12-3-1-2-4-12)26-9-7-25-8-10-26;/h5-6,11-12,16,25H,1-4,7-10H2;1H/t16-;/m1./s1. The molecule has 0 amide bonds. The van der Waals surface area contributed by atoms with Crippen LogP contribution in [-0.4, -0.2) is 31.1 Å². The third-order valence-electron chi connectivity index (χ3n) is 5.40. The Bertz CT molecular complexity index is 619. The Labute approximate surface area is 160 Å². The van der Waals surface area contributed by atoms with Gasteiger partial charge in [0.05, 0.1) is 11.1 Å². The van der Waals surface area contributed by atoms with Crippen LogP contribution in [0.25, 0.3) is 0 Å². The van der Waals surface area contributed by atoms with Gasteiger partial charge in [-0.2, -0.15) is 26.3 Å². The predicted molar refractivity (Wildman–Crippen MR) is 92.8 cm³/mol. The Kier molecular flexibility index (Phi) is 7.08. The molecule has 0 radical (unpaired) electrons. The van der Waals surface area contributed by atoms with Crippen molar-refractivity contribution in [2.24, 2.45) is 5.92 Å². The second-order valence-corrected chi connectivity index (χ2v) is 7.07. The molecule has 2 nitrogen and oxygen atoms in total. The third-order valence-corrected chi connectivity index (χ3v) is 5.40. The molecule has 1 saturated carbocycles. The summed E-state index contributed by atoms with van der Waals surface area (Å²) in [4.78, 5) is 2.00. The minimum Gasteiger partial charge on any atom is -0.314 e. The van der Waals surface area contributed by atoms with Crippen LogP contribution in [0.1, 0.15) is 48.4 Å². The molecule has 2 fully saturated rings. The van der Waals surface area contributed by atoms with E-state index >= 15 is 0 Å². The van der Waals surface area contributed by atoms with Gasteiger partial charge in [-0.3, -0.25) is 4.90 Å². The number of nitrogens with zero attached hydrogens (tertiary/aromatic N) is 1. The summed E-state index contributed by atoms with van der Waals surface area (Å²) in [6.07, 6.45) is -6.08. The van der Waals surface area contributed by atoms with Crippen LogP contribution in [0.5, 0.6) is 0 Å². The Hall–Kier alpha value is -0.990. The van der Waals surface area contributed by atoms with Gasteiger partial charge < -0.3 is 5.32 Å². The molecule has 154 valence electrons. The first-order valence-electron chi connectivity index (χ1n) is 8.91. The number of hydrogen-bond donors (Lipinski definition) is 1. The summed E-state index contributed by atoms with van der Waals surface area (Å²) in [5, 5.41) is 3.17. The lowest BCUT2D eigenvalue weighted by molar-refractivity contribution is -0.144. The number of benzene rings is 1. The van der Waals surface area contributed by atoms with Gasteiger partial charge in [-0.25, -0.2) is 0 Å². The van der Waals surface area contributed by atoms with Crippen LogP contribution in [0.2, 0.25) is 0 Å². The Morgan fingerprint density at radius 1 is 0.926 bits per heavy atom. The lowest BCUT2D eigenvalue weighted by atomic mass is 9.86. The van der Waals surface area contributed by atoms with E-state index in [4.69, 9.17) is 0 Å². The first-order chi connectivity index (χ1) is 12.2. The molecule has 1 aliphatic heterocycles. The lowest BCUT2D eigenvalue weighted by Gasteiger charge is -2.39. The van der Waals surface area contributed by atoms with Crippen LogP contribution in [-0.2, 0) is 12.4 Å². The van der Waals surface area contributed by atoms with Crippen LogP contribution in [0.15, 0.2) is 18.2 Å². The molecular formula is C18H23ClF6N2. The van der Waals surface area contributed by atoms with E-state index in [1.807, 2.05) is 4.90 Å². The van der Waals surface area contributed by atoms with E-state index in [2.05, 4.69) is 5.32 Å². The smallest absolute Gasteiger partial charge is 0.314 e. The summed E-state index contributed by atoms with van der Waals surface area (Å²) in [6, 6.07) is 1.63. The van der Waals surface area contributed by atoms with E-state index in [1.165, 1.54) is 0 Å². The number of hydrogen-bond acceptors (Lipinski definition) is 2. The second-order valence-electron chi connectivity index (χ2n) is 7.07. The molecule has 0 bridgehead atoms. The molecule has 1 heterocycles. The van der Waals surface area contributed by atoms with E-state index in [-0.39, 0.29) is 30.0 Å². The van der Waals surface area contributed by atoms with Crippen molar-refractivity contribution in [3.05, 3.63) is 34.9 Å². The summed E-state index contributed by atoms with van der Waals surface area (Å²) in [7, 11) is 0. The SMILES string of the molecule is Cl.FC(F)(F)c1ccc([C@@H](C2CCCC2)N2CCNCC2)c(C(F)(F)F)c1. The summed E-state index contributed by atoms with van der Waals surface area (Å²) in [5.74, 6) is 0.0472. The molecule has 27 heavy (non-hydrogen) atoms. The van der Waals surface area contributed by atoms with E-state index in [9.17, 15) is 26.3 Å². The fraction of sp³-hybridized carbons (Fsp3) is 0.667. The highest BCUT2D eigenvalue weighted by atomic mass is 35.5. The molecule has 0 spiro atoms. The highest BCUT2D eigenvalue weighted by Gasteiger charge is 2.42. The molecule has 1 aromatic rings. The molecular weight excluding hydrogens is 394 g/mol. The zero-order chi connectivity index (χ0) is 18.9. The van der Waals surface area contributed by atoms with Gasteiger partial charge in [0.2, 0.25) is 0 Å². The van der Waals surface area contributed by atoms with Crippen LogP contribution in [0.4, 0.5) is 26.3 Å². The number of rotatable bonds is 3. The van der Waals surface area contributed by atoms with Crippen molar-refractivity contribution in [3.63, 3.8) is 0 Å². The molecule has 1 N–H and O–H groups in total. The Morgan fingerprint density at radius 2 is 1.52 bits per heavy atom. The van der Waals surface area contributed by atoms with Gasteiger partial charge in [-0.1, -0.05) is 18.9 Å². The summed E-state index contributed by atoms with van der Waals surface area (Å²) in [6.45, 7) is 2.54. The van der Waals surface area contributed by atoms with Gasteiger partial charge in [0.1, 0.15) is 0 Å². The Morgan fingerprint density at radius 3 is 2.04 bits per heavy atom. The topological polar surface area (TPSA) is 15.3 Å². The summed E-state index contributed by atoms with van der Waals surface area (Å²) < 4.78 is 79.8. The quantitative estimate of drug-likeness (QED) is 0.674. The molecule has 3 rings (SSSR count). The van der Waals surface area contributed by atoms with Crippen LogP contribution in [0, 0.1) is 5.92 Å². The molecule has 0 aromatic heterocycles. The number of alkyl halides is 6. The maximum Gasteiger partial charge on any atom is 0.416 e. The monoisotopic (exact) mass is 416 g/mol. The van der Waals surface area contributed by atoms with E-state index < -0.39 is 29.5 Å². The largest absolute Gasteiger partial charge is 0.416 e. The van der Waals surface area contributed by atoms with Gasteiger partial charge in [0, 0.05) is 32.2 Å². The second kappa shape index (κ2) is 8.57. The van der Waals surface area contributed by atoms with Crippen molar-refractivity contribution in [2.45, 2.75) is 44.1 Å². The normalized spacial score (nSPS) is 21.1. The van der Waals surface area contributed by atoms with Gasteiger partial charge in [0.15, 0.2) is 0 Å². The number of halogens is 7. The highest BCUT2D eigenvalue weighted by molar-refractivity contribution is 5.85. The van der Waals surface area contributed by atoms with Gasteiger partial charge in [0.25, 0.3) is 0 Å². The fourth-order valence-electron chi connectivity index (χ4n) is 4.22. The van der Waals surface area contributed by atoms with Crippen molar-refractivity contribution in [1.82, 2.24) is 10.2 Å². The lowest BCUT2D eigenvalue weighted by Crippen LogP contribution is -2.47. The molecule has 1 atom stereocenters.